The molecule has 0 radical (unpaired) electrons. The summed E-state index contributed by atoms with van der Waals surface area (Å²) in [6, 6.07) is -0.500. The van der Waals surface area contributed by atoms with Crippen LogP contribution in [0, 0.1) is 5.92 Å². The molecule has 1 unspecified atom stereocenters. The standard InChI is InChI=1S/C7H14ClNO3/c1-4(2)6(5(10)3-8)9-7(11)12/h4-6,9-10H,3H2,1-2H3,(H,11,12)/t5?,6-/m1/s1. The first-order chi connectivity index (χ1) is 5.49. The van der Waals surface area contributed by atoms with Gasteiger partial charge >= 0.3 is 6.09 Å². The molecule has 4 nitrogen and oxygen atoms in total. The van der Waals surface area contributed by atoms with Crippen LogP contribution in [0.15, 0.2) is 0 Å². The molecule has 0 aliphatic rings. The number of aliphatic hydroxyl groups is 1. The van der Waals surface area contributed by atoms with E-state index in [4.69, 9.17) is 16.7 Å². The Balaban J connectivity index is 4.12. The van der Waals surface area contributed by atoms with E-state index in [2.05, 4.69) is 5.32 Å². The Morgan fingerprint density at radius 2 is 2.08 bits per heavy atom. The summed E-state index contributed by atoms with van der Waals surface area (Å²) in [4.78, 5) is 10.3. The van der Waals surface area contributed by atoms with Crippen LogP contribution in [0.2, 0.25) is 0 Å². The van der Waals surface area contributed by atoms with Crippen LogP contribution >= 0.6 is 11.6 Å². The second-order valence-electron chi connectivity index (χ2n) is 2.94. The summed E-state index contributed by atoms with van der Waals surface area (Å²) in [5.41, 5.74) is 0. The zero-order chi connectivity index (χ0) is 9.72. The van der Waals surface area contributed by atoms with E-state index in [1.54, 1.807) is 0 Å². The number of halogens is 1. The molecule has 2 atom stereocenters. The van der Waals surface area contributed by atoms with Gasteiger partial charge in [-0.1, -0.05) is 13.8 Å². The van der Waals surface area contributed by atoms with Gasteiger partial charge in [0.2, 0.25) is 0 Å². The van der Waals surface area contributed by atoms with Crippen molar-refractivity contribution in [2.45, 2.75) is 26.0 Å². The van der Waals surface area contributed by atoms with Gasteiger partial charge in [0.25, 0.3) is 0 Å². The molecule has 0 aromatic heterocycles. The Hall–Kier alpha value is -0.480. The molecule has 0 rings (SSSR count). The number of carboxylic acid groups (broad SMARTS) is 1. The first kappa shape index (κ1) is 11.5. The number of nitrogens with one attached hydrogen (secondary N) is 1. The molecule has 0 spiro atoms. The average Bonchev–Trinajstić information content (AvgIpc) is 1.98. The van der Waals surface area contributed by atoms with Gasteiger partial charge in [-0.25, -0.2) is 4.79 Å². The maximum atomic E-state index is 10.3. The summed E-state index contributed by atoms with van der Waals surface area (Å²) >= 11 is 5.39. The number of hydrogen-bond donors (Lipinski definition) is 3. The van der Waals surface area contributed by atoms with E-state index in [9.17, 15) is 9.90 Å². The number of alkyl halides is 1. The van der Waals surface area contributed by atoms with E-state index < -0.39 is 18.2 Å². The molecule has 5 heteroatoms. The summed E-state index contributed by atoms with van der Waals surface area (Å²) in [5.74, 6) is 0.0539. The van der Waals surface area contributed by atoms with E-state index in [0.29, 0.717) is 0 Å². The molecule has 0 aliphatic heterocycles. The van der Waals surface area contributed by atoms with E-state index in [-0.39, 0.29) is 11.8 Å². The highest BCUT2D eigenvalue weighted by molar-refractivity contribution is 6.18. The minimum absolute atomic E-state index is 0.0230. The van der Waals surface area contributed by atoms with Gasteiger partial charge in [0.15, 0.2) is 0 Å². The van der Waals surface area contributed by atoms with Gasteiger partial charge in [0.1, 0.15) is 0 Å². The fourth-order valence-corrected chi connectivity index (χ4v) is 1.14. The normalized spacial score (nSPS) is 15.8. The Morgan fingerprint density at radius 3 is 2.33 bits per heavy atom. The first-order valence-corrected chi connectivity index (χ1v) is 4.26. The quantitative estimate of drug-likeness (QED) is 0.584. The van der Waals surface area contributed by atoms with Crippen molar-refractivity contribution in [2.24, 2.45) is 5.92 Å². The second-order valence-corrected chi connectivity index (χ2v) is 3.25. The summed E-state index contributed by atoms with van der Waals surface area (Å²) in [5, 5.41) is 19.9. The molecule has 3 N–H and O–H groups in total. The maximum Gasteiger partial charge on any atom is 0.404 e. The van der Waals surface area contributed by atoms with Crippen LogP contribution in [0.5, 0.6) is 0 Å². The minimum Gasteiger partial charge on any atom is -0.465 e. The third-order valence-electron chi connectivity index (χ3n) is 1.58. The van der Waals surface area contributed by atoms with Crippen LogP contribution in [0.1, 0.15) is 13.8 Å². The highest BCUT2D eigenvalue weighted by atomic mass is 35.5. The zero-order valence-corrected chi connectivity index (χ0v) is 7.88. The van der Waals surface area contributed by atoms with Gasteiger partial charge < -0.3 is 15.5 Å². The van der Waals surface area contributed by atoms with Crippen molar-refractivity contribution in [1.82, 2.24) is 5.32 Å². The van der Waals surface area contributed by atoms with Crippen molar-refractivity contribution in [3.05, 3.63) is 0 Å². The van der Waals surface area contributed by atoms with Gasteiger partial charge in [-0.3, -0.25) is 0 Å². The van der Waals surface area contributed by atoms with Crippen LogP contribution in [-0.2, 0) is 0 Å². The van der Waals surface area contributed by atoms with Crippen molar-refractivity contribution in [3.8, 4) is 0 Å². The SMILES string of the molecule is CC(C)[C@@H](NC(=O)O)C(O)CCl. The van der Waals surface area contributed by atoms with Crippen LogP contribution in [0.25, 0.3) is 0 Å². The van der Waals surface area contributed by atoms with Crippen LogP contribution < -0.4 is 5.32 Å². The van der Waals surface area contributed by atoms with Gasteiger partial charge in [-0.2, -0.15) is 0 Å². The number of aliphatic hydroxyl groups excluding tert-OH is 1. The number of rotatable bonds is 4. The molecule has 72 valence electrons. The van der Waals surface area contributed by atoms with E-state index in [0.717, 1.165) is 0 Å². The molecule has 1 amide bonds. The first-order valence-electron chi connectivity index (χ1n) is 3.72. The number of hydrogen-bond acceptors (Lipinski definition) is 2. The lowest BCUT2D eigenvalue weighted by molar-refractivity contribution is 0.116. The smallest absolute Gasteiger partial charge is 0.404 e. The Labute approximate surface area is 76.5 Å². The molecule has 12 heavy (non-hydrogen) atoms. The number of amides is 1. The molecular formula is C7H14ClNO3. The lowest BCUT2D eigenvalue weighted by atomic mass is 10.00. The number of carbonyl (C=O) groups is 1. The fourth-order valence-electron chi connectivity index (χ4n) is 0.946. The van der Waals surface area contributed by atoms with Gasteiger partial charge in [0, 0.05) is 0 Å². The minimum atomic E-state index is -1.14. The molecule has 0 aliphatic carbocycles. The Morgan fingerprint density at radius 1 is 1.58 bits per heavy atom. The fraction of sp³-hybridized carbons (Fsp3) is 0.857. The predicted molar refractivity (Wildman–Crippen MR) is 46.5 cm³/mol. The van der Waals surface area contributed by atoms with E-state index in [1.807, 2.05) is 13.8 Å². The summed E-state index contributed by atoms with van der Waals surface area (Å²) in [7, 11) is 0. The molecule has 0 saturated heterocycles. The highest BCUT2D eigenvalue weighted by Gasteiger charge is 2.23. The lowest BCUT2D eigenvalue weighted by Crippen LogP contribution is -2.47. The maximum absolute atomic E-state index is 10.3. The largest absolute Gasteiger partial charge is 0.465 e. The molecule has 0 saturated carbocycles. The molecule has 0 fully saturated rings. The Bertz CT molecular complexity index is 152. The third kappa shape index (κ3) is 3.78. The van der Waals surface area contributed by atoms with Gasteiger partial charge in [-0.05, 0) is 5.92 Å². The average molecular weight is 196 g/mol. The van der Waals surface area contributed by atoms with E-state index >= 15 is 0 Å². The molecule has 0 aromatic rings. The predicted octanol–water partition coefficient (Wildman–Crippen LogP) is 0.878. The van der Waals surface area contributed by atoms with Crippen LogP contribution in [0.3, 0.4) is 0 Å². The van der Waals surface area contributed by atoms with Crippen molar-refractivity contribution in [1.29, 1.82) is 0 Å². The molecule has 0 heterocycles. The van der Waals surface area contributed by atoms with Gasteiger partial charge in [-0.15, -0.1) is 11.6 Å². The van der Waals surface area contributed by atoms with Crippen molar-refractivity contribution in [2.75, 3.05) is 5.88 Å². The van der Waals surface area contributed by atoms with Crippen LogP contribution in [-0.4, -0.2) is 34.3 Å². The topological polar surface area (TPSA) is 69.6 Å². The Kier molecular flexibility index (Phi) is 5.01. The lowest BCUT2D eigenvalue weighted by Gasteiger charge is -2.24. The molecular weight excluding hydrogens is 182 g/mol. The monoisotopic (exact) mass is 195 g/mol. The van der Waals surface area contributed by atoms with Crippen molar-refractivity contribution in [3.63, 3.8) is 0 Å². The van der Waals surface area contributed by atoms with E-state index in [1.165, 1.54) is 0 Å². The summed E-state index contributed by atoms with van der Waals surface area (Å²) in [6.07, 6.45) is -1.97. The second kappa shape index (κ2) is 5.22. The van der Waals surface area contributed by atoms with Crippen molar-refractivity contribution < 1.29 is 15.0 Å². The zero-order valence-electron chi connectivity index (χ0n) is 7.12. The van der Waals surface area contributed by atoms with Crippen molar-refractivity contribution >= 4 is 17.7 Å². The molecule has 0 bridgehead atoms. The highest BCUT2D eigenvalue weighted by Crippen LogP contribution is 2.07. The van der Waals surface area contributed by atoms with Crippen LogP contribution in [0.4, 0.5) is 4.79 Å². The summed E-state index contributed by atoms with van der Waals surface area (Å²) in [6.45, 7) is 3.63. The third-order valence-corrected chi connectivity index (χ3v) is 1.90. The summed E-state index contributed by atoms with van der Waals surface area (Å²) < 4.78 is 0. The molecule has 0 aromatic carbocycles. The van der Waals surface area contributed by atoms with Gasteiger partial charge in [0.05, 0.1) is 18.0 Å².